The van der Waals surface area contributed by atoms with Gasteiger partial charge in [-0.1, -0.05) is 74.5 Å². The molecule has 0 bridgehead atoms. The van der Waals surface area contributed by atoms with Gasteiger partial charge in [0, 0.05) is 32.1 Å². The molecule has 2 saturated heterocycles. The fourth-order valence-electron chi connectivity index (χ4n) is 7.60. The number of carboxylic acids is 1. The zero-order valence-corrected chi connectivity index (χ0v) is 32.8. The number of carbonyl (C=O) groups is 5. The maximum absolute atomic E-state index is 14.1. The van der Waals surface area contributed by atoms with E-state index in [1.807, 2.05) is 74.5 Å². The molecule has 15 heteroatoms. The number of unbranched alkanes of at least 4 members (excludes halogenated alkanes) is 1. The summed E-state index contributed by atoms with van der Waals surface area (Å²) in [5, 5.41) is 18.4. The van der Waals surface area contributed by atoms with Crippen LogP contribution in [0.2, 0.25) is 0 Å². The number of guanidine groups is 1. The number of hydrogen-bond acceptors (Lipinski definition) is 8. The number of likely N-dealkylation sites (tertiary alicyclic amines) is 2. The summed E-state index contributed by atoms with van der Waals surface area (Å²) in [6, 6.07) is 14.4. The van der Waals surface area contributed by atoms with Crippen LogP contribution in [0.4, 0.5) is 0 Å². The first-order valence-electron chi connectivity index (χ1n) is 19.9. The minimum absolute atomic E-state index is 0.000451. The van der Waals surface area contributed by atoms with Crippen molar-refractivity contribution in [3.8, 4) is 0 Å². The number of carbonyl (C=O) groups excluding carboxylic acids is 4. The highest BCUT2D eigenvalue weighted by Crippen LogP contribution is 2.27. The van der Waals surface area contributed by atoms with Gasteiger partial charge in [0.2, 0.25) is 23.6 Å². The Labute approximate surface area is 330 Å². The molecular weight excluding hydrogens is 715 g/mol. The molecule has 0 saturated carbocycles. The fourth-order valence-corrected chi connectivity index (χ4v) is 7.60. The van der Waals surface area contributed by atoms with Gasteiger partial charge in [0.05, 0.1) is 6.04 Å². The molecule has 0 aromatic heterocycles. The second-order valence-corrected chi connectivity index (χ2v) is 15.4. The van der Waals surface area contributed by atoms with Crippen molar-refractivity contribution in [2.24, 2.45) is 28.1 Å². The van der Waals surface area contributed by atoms with Gasteiger partial charge in [-0.3, -0.25) is 33.9 Å². The predicted octanol–water partition coefficient (Wildman–Crippen LogP) is 1.28. The molecule has 0 unspecified atom stereocenters. The maximum atomic E-state index is 14.1. The van der Waals surface area contributed by atoms with Gasteiger partial charge in [0.1, 0.15) is 24.2 Å². The van der Waals surface area contributed by atoms with E-state index >= 15 is 0 Å². The number of benzene rings is 2. The van der Waals surface area contributed by atoms with Crippen molar-refractivity contribution in [1.82, 2.24) is 25.8 Å². The third kappa shape index (κ3) is 13.6. The van der Waals surface area contributed by atoms with E-state index in [1.54, 1.807) is 4.90 Å². The molecule has 2 aromatic carbocycles. The van der Waals surface area contributed by atoms with E-state index in [9.17, 15) is 29.1 Å². The quantitative estimate of drug-likeness (QED) is 0.0578. The van der Waals surface area contributed by atoms with Crippen LogP contribution in [0.15, 0.2) is 65.7 Å². The van der Waals surface area contributed by atoms with Crippen molar-refractivity contribution in [3.05, 3.63) is 71.8 Å². The van der Waals surface area contributed by atoms with E-state index in [1.165, 1.54) is 0 Å². The molecule has 0 aliphatic carbocycles. The first-order valence-corrected chi connectivity index (χ1v) is 19.9. The number of carboxylic acid groups (broad SMARTS) is 1. The Bertz CT molecular complexity index is 1610. The second-order valence-electron chi connectivity index (χ2n) is 15.4. The van der Waals surface area contributed by atoms with Gasteiger partial charge in [-0.15, -0.1) is 0 Å². The lowest BCUT2D eigenvalue weighted by molar-refractivity contribution is -0.144. The van der Waals surface area contributed by atoms with E-state index in [-0.39, 0.29) is 43.1 Å². The molecule has 0 spiro atoms. The summed E-state index contributed by atoms with van der Waals surface area (Å²) in [5.41, 5.74) is 19.0. The van der Waals surface area contributed by atoms with Crippen LogP contribution in [0.25, 0.3) is 0 Å². The number of aliphatic carboxylic acids is 1. The Morgan fingerprint density at radius 1 is 0.768 bits per heavy atom. The van der Waals surface area contributed by atoms with Crippen molar-refractivity contribution in [1.29, 1.82) is 0 Å². The summed E-state index contributed by atoms with van der Waals surface area (Å²) < 4.78 is 0. The molecule has 56 heavy (non-hydrogen) atoms. The van der Waals surface area contributed by atoms with E-state index < -0.39 is 53.9 Å². The second kappa shape index (κ2) is 21.9. The fraction of sp³-hybridized carbons (Fsp3) is 0.561. The van der Waals surface area contributed by atoms with Crippen LogP contribution in [-0.2, 0) is 36.8 Å². The van der Waals surface area contributed by atoms with Gasteiger partial charge >= 0.3 is 5.97 Å². The zero-order chi connectivity index (χ0) is 40.6. The lowest BCUT2D eigenvalue weighted by atomic mass is 9.98. The zero-order valence-electron chi connectivity index (χ0n) is 32.8. The number of rotatable bonds is 20. The first kappa shape index (κ1) is 43.7. The monoisotopic (exact) mass is 775 g/mol. The molecule has 2 fully saturated rings. The predicted molar refractivity (Wildman–Crippen MR) is 215 cm³/mol. The molecular formula is C41H61N9O6. The van der Waals surface area contributed by atoms with Gasteiger partial charge in [0.25, 0.3) is 0 Å². The van der Waals surface area contributed by atoms with Crippen molar-refractivity contribution >= 4 is 35.6 Å². The molecule has 4 rings (SSSR count). The SMILES string of the molecule is CC(C)C[C@@H](NC(=O)[C@@H](Cc1ccccc1)NC(=O)[C@H](N)Cc1ccccc1)C(=O)N[C@H](CCCCN=C(N)N)C(=O)N1CCC(N2CCC[C@H]2C(=O)O)CC1. The number of nitrogens with zero attached hydrogens (tertiary/aromatic N) is 3. The lowest BCUT2D eigenvalue weighted by Gasteiger charge is -2.39. The number of nitrogens with one attached hydrogen (secondary N) is 3. The molecule has 2 aromatic rings. The number of hydrogen-bond donors (Lipinski definition) is 7. The summed E-state index contributed by atoms with van der Waals surface area (Å²) in [4.78, 5) is 75.2. The average molecular weight is 776 g/mol. The van der Waals surface area contributed by atoms with Crippen molar-refractivity contribution in [2.45, 2.75) is 114 Å². The Morgan fingerprint density at radius 3 is 1.93 bits per heavy atom. The highest BCUT2D eigenvalue weighted by Gasteiger charge is 2.39. The van der Waals surface area contributed by atoms with Crippen LogP contribution >= 0.6 is 0 Å². The molecule has 306 valence electrons. The van der Waals surface area contributed by atoms with Crippen LogP contribution in [0.3, 0.4) is 0 Å². The average Bonchev–Trinajstić information content (AvgIpc) is 3.68. The van der Waals surface area contributed by atoms with Crippen molar-refractivity contribution in [3.63, 3.8) is 0 Å². The molecule has 0 radical (unpaired) electrons. The minimum Gasteiger partial charge on any atom is -0.480 e. The number of nitrogens with two attached hydrogens (primary N) is 3. The molecule has 2 aliphatic rings. The van der Waals surface area contributed by atoms with Gasteiger partial charge in [-0.25, -0.2) is 0 Å². The highest BCUT2D eigenvalue weighted by atomic mass is 16.4. The summed E-state index contributed by atoms with van der Waals surface area (Å²) in [5.74, 6) is -2.60. The molecule has 10 N–H and O–H groups in total. The van der Waals surface area contributed by atoms with Crippen molar-refractivity contribution in [2.75, 3.05) is 26.2 Å². The number of piperidine rings is 1. The Morgan fingerprint density at radius 2 is 1.34 bits per heavy atom. The summed E-state index contributed by atoms with van der Waals surface area (Å²) in [6.07, 6.45) is 4.93. The van der Waals surface area contributed by atoms with E-state index in [4.69, 9.17) is 17.2 Å². The molecule has 15 nitrogen and oxygen atoms in total. The Kier molecular flexibility index (Phi) is 17.1. The summed E-state index contributed by atoms with van der Waals surface area (Å²) in [6.45, 7) is 5.84. The Balaban J connectivity index is 1.47. The van der Waals surface area contributed by atoms with E-state index in [0.29, 0.717) is 58.2 Å². The highest BCUT2D eigenvalue weighted by molar-refractivity contribution is 5.95. The molecule has 4 amide bonds. The van der Waals surface area contributed by atoms with Crippen LogP contribution in [-0.4, -0.2) is 113 Å². The topological polar surface area (TPSA) is 239 Å². The standard InChI is InChI=1S/C41H61N9O6/c1-27(2)24-33(48-38(53)34(26-29-14-7-4-8-15-29)47-36(51)31(42)25-28-12-5-3-6-13-28)37(52)46-32(16-9-10-20-45-41(43)44)39(54)49-22-18-30(19-23-49)50-21-11-17-35(50)40(55)56/h3-8,12-15,27,30-35H,9-11,16-26,42H2,1-2H3,(H,46,52)(H,47,51)(H,48,53)(H,55,56)(H4,43,44,45)/t31-,32-,33-,34-,35+/m1/s1. The van der Waals surface area contributed by atoms with E-state index in [2.05, 4.69) is 25.8 Å². The van der Waals surface area contributed by atoms with Crippen LogP contribution in [0.1, 0.15) is 76.3 Å². The summed E-state index contributed by atoms with van der Waals surface area (Å²) in [7, 11) is 0. The maximum Gasteiger partial charge on any atom is 0.320 e. The van der Waals surface area contributed by atoms with Gasteiger partial charge in [0.15, 0.2) is 5.96 Å². The molecule has 2 heterocycles. The summed E-state index contributed by atoms with van der Waals surface area (Å²) >= 11 is 0. The Hall–Kier alpha value is -5.02. The van der Waals surface area contributed by atoms with Gasteiger partial charge in [-0.05, 0) is 81.4 Å². The first-order chi connectivity index (χ1) is 26.8. The van der Waals surface area contributed by atoms with E-state index in [0.717, 1.165) is 24.1 Å². The van der Waals surface area contributed by atoms with Crippen molar-refractivity contribution < 1.29 is 29.1 Å². The molecule has 5 atom stereocenters. The largest absolute Gasteiger partial charge is 0.480 e. The smallest absolute Gasteiger partial charge is 0.320 e. The molecule has 2 aliphatic heterocycles. The van der Waals surface area contributed by atoms with Gasteiger partial charge in [-0.2, -0.15) is 0 Å². The van der Waals surface area contributed by atoms with Gasteiger partial charge < -0.3 is 43.2 Å². The van der Waals surface area contributed by atoms with Crippen LogP contribution < -0.4 is 33.2 Å². The third-order valence-corrected chi connectivity index (χ3v) is 10.5. The third-order valence-electron chi connectivity index (χ3n) is 10.5. The number of aliphatic imine (C=N–C) groups is 1. The number of amides is 4. The minimum atomic E-state index is -1.03. The normalized spacial score (nSPS) is 18.4. The lowest BCUT2D eigenvalue weighted by Crippen LogP contribution is -2.59. The van der Waals surface area contributed by atoms with Crippen LogP contribution in [0.5, 0.6) is 0 Å². The van der Waals surface area contributed by atoms with Crippen LogP contribution in [0, 0.1) is 5.92 Å².